The number of anilines is 5. The molecular formula is C29H34N8O3. The molecule has 0 bridgehead atoms. The number of aliphatic hydroxyl groups is 1. The van der Waals surface area contributed by atoms with Gasteiger partial charge in [-0.25, -0.2) is 5.43 Å². The smallest absolute Gasteiger partial charge is 0.250 e. The van der Waals surface area contributed by atoms with Crippen LogP contribution in [0.1, 0.15) is 26.3 Å². The third-order valence-electron chi connectivity index (χ3n) is 5.90. The van der Waals surface area contributed by atoms with Crippen molar-refractivity contribution < 1.29 is 14.6 Å². The van der Waals surface area contributed by atoms with E-state index < -0.39 is 0 Å². The second kappa shape index (κ2) is 14.0. The van der Waals surface area contributed by atoms with E-state index in [1.807, 2.05) is 55.5 Å². The van der Waals surface area contributed by atoms with Crippen molar-refractivity contribution in [3.8, 4) is 0 Å². The van der Waals surface area contributed by atoms with E-state index in [0.29, 0.717) is 44.1 Å². The number of aliphatic hydroxyl groups excluding tert-OH is 1. The number of nitrogens with zero attached hydrogens (tertiary/aromatic N) is 5. The first-order valence-corrected chi connectivity index (χ1v) is 13.1. The van der Waals surface area contributed by atoms with Crippen LogP contribution in [0.15, 0.2) is 71.8 Å². The lowest BCUT2D eigenvalue weighted by Crippen LogP contribution is -2.37. The maximum atomic E-state index is 11.3. The van der Waals surface area contributed by atoms with Crippen LogP contribution in [0.5, 0.6) is 0 Å². The van der Waals surface area contributed by atoms with Gasteiger partial charge in [0.2, 0.25) is 23.8 Å². The molecule has 0 unspecified atom stereocenters. The van der Waals surface area contributed by atoms with E-state index in [9.17, 15) is 4.79 Å². The largest absolute Gasteiger partial charge is 0.397 e. The first-order chi connectivity index (χ1) is 19.5. The number of carbonyl (C=O) groups excluding carboxylic acids is 1. The van der Waals surface area contributed by atoms with Crippen LogP contribution in [0.3, 0.4) is 0 Å². The van der Waals surface area contributed by atoms with Gasteiger partial charge in [-0.1, -0.05) is 48.5 Å². The lowest BCUT2D eigenvalue weighted by Gasteiger charge is -2.27. The first kappa shape index (κ1) is 28.4. The van der Waals surface area contributed by atoms with Crippen molar-refractivity contribution >= 4 is 51.6 Å². The molecule has 1 aromatic heterocycles. The number of aromatic nitrogens is 3. The van der Waals surface area contributed by atoms with Gasteiger partial charge in [0, 0.05) is 43.4 Å². The van der Waals surface area contributed by atoms with Crippen LogP contribution in [0.2, 0.25) is 0 Å². The van der Waals surface area contributed by atoms with Gasteiger partial charge < -0.3 is 25.4 Å². The molecule has 1 saturated heterocycles. The summed E-state index contributed by atoms with van der Waals surface area (Å²) in [5, 5.41) is 20.4. The number of benzene rings is 3. The van der Waals surface area contributed by atoms with Crippen molar-refractivity contribution in [1.29, 1.82) is 0 Å². The molecule has 11 nitrogen and oxygen atoms in total. The van der Waals surface area contributed by atoms with E-state index in [0.717, 1.165) is 33.4 Å². The minimum Gasteiger partial charge on any atom is -0.397 e. The standard InChI is InChI=1S/C27H28N8O2.C2H6O/c1-18(20-10-12-22(13-11-20)28-19(2)36)33-34-26-30-25(31-27(32-26)35-14-16-37-17-15-35)29-24-9-5-7-21-6-3-4-8-23(21)24;1-2-3/h3-13H,14-17H2,1-2H3,(H,28,36)(H2,29,30,31,32,34);3H,2H2,1H3/b33-18+;. The average molecular weight is 543 g/mol. The Hall–Kier alpha value is -4.61. The topological polar surface area (TPSA) is 137 Å². The number of hydrogen-bond donors (Lipinski definition) is 4. The fraction of sp³-hybridized carbons (Fsp3) is 0.276. The maximum Gasteiger partial charge on any atom is 0.250 e. The van der Waals surface area contributed by atoms with E-state index in [2.05, 4.69) is 54.2 Å². The number of morpholine rings is 1. The number of carbonyl (C=O) groups is 1. The molecule has 0 saturated carbocycles. The molecule has 0 radical (unpaired) electrons. The molecule has 4 N–H and O–H groups in total. The first-order valence-electron chi connectivity index (χ1n) is 13.1. The lowest BCUT2D eigenvalue weighted by molar-refractivity contribution is -0.114. The minimum atomic E-state index is -0.112. The van der Waals surface area contributed by atoms with Crippen LogP contribution in [-0.4, -0.2) is 64.6 Å². The van der Waals surface area contributed by atoms with Gasteiger partial charge in [0.05, 0.1) is 18.9 Å². The number of amides is 1. The lowest BCUT2D eigenvalue weighted by atomic mass is 10.1. The Balaban J connectivity index is 0.00000118. The van der Waals surface area contributed by atoms with Gasteiger partial charge in [-0.3, -0.25) is 4.79 Å². The third-order valence-corrected chi connectivity index (χ3v) is 5.90. The predicted octanol–water partition coefficient (Wildman–Crippen LogP) is 4.40. The van der Waals surface area contributed by atoms with Crippen molar-refractivity contribution in [2.45, 2.75) is 20.8 Å². The molecule has 11 heteroatoms. The molecule has 1 amide bonds. The van der Waals surface area contributed by atoms with Crippen LogP contribution in [0.4, 0.5) is 29.2 Å². The molecule has 0 atom stereocenters. The fourth-order valence-electron chi connectivity index (χ4n) is 4.03. The normalized spacial score (nSPS) is 13.3. The van der Waals surface area contributed by atoms with E-state index in [1.165, 1.54) is 6.92 Å². The van der Waals surface area contributed by atoms with Gasteiger partial charge in [0.15, 0.2) is 0 Å². The van der Waals surface area contributed by atoms with Crippen molar-refractivity contribution in [2.75, 3.05) is 53.9 Å². The summed E-state index contributed by atoms with van der Waals surface area (Å²) < 4.78 is 5.49. The SMILES string of the molecule is CC(=O)Nc1ccc(/C(C)=N/Nc2nc(Nc3cccc4ccccc34)nc(N3CCOCC3)n2)cc1.CCO. The summed E-state index contributed by atoms with van der Waals surface area (Å²) in [5.41, 5.74) is 6.27. The Bertz CT molecular complexity index is 1450. The van der Waals surface area contributed by atoms with E-state index in [4.69, 9.17) is 14.8 Å². The summed E-state index contributed by atoms with van der Waals surface area (Å²) in [6.07, 6.45) is 0. The zero-order chi connectivity index (χ0) is 28.3. The molecule has 0 aliphatic carbocycles. The maximum absolute atomic E-state index is 11.3. The van der Waals surface area contributed by atoms with Gasteiger partial charge in [-0.2, -0.15) is 20.1 Å². The van der Waals surface area contributed by atoms with E-state index >= 15 is 0 Å². The van der Waals surface area contributed by atoms with Gasteiger partial charge in [0.1, 0.15) is 0 Å². The van der Waals surface area contributed by atoms with Gasteiger partial charge in [0.25, 0.3) is 0 Å². The van der Waals surface area contributed by atoms with Gasteiger partial charge in [-0.15, -0.1) is 0 Å². The van der Waals surface area contributed by atoms with Crippen LogP contribution in [0, 0.1) is 0 Å². The molecule has 1 aliphatic rings. The van der Waals surface area contributed by atoms with Crippen molar-refractivity contribution in [1.82, 2.24) is 15.0 Å². The Labute approximate surface area is 233 Å². The highest BCUT2D eigenvalue weighted by Gasteiger charge is 2.17. The monoisotopic (exact) mass is 542 g/mol. The third kappa shape index (κ3) is 7.71. The summed E-state index contributed by atoms with van der Waals surface area (Å²) in [6, 6.07) is 21.7. The summed E-state index contributed by atoms with van der Waals surface area (Å²) in [5.74, 6) is 1.19. The van der Waals surface area contributed by atoms with Crippen molar-refractivity contribution in [3.05, 3.63) is 72.3 Å². The Morgan fingerprint density at radius 1 is 0.950 bits per heavy atom. The minimum absolute atomic E-state index is 0.112. The molecule has 1 aliphatic heterocycles. The molecule has 2 heterocycles. The number of hydrazone groups is 1. The van der Waals surface area contributed by atoms with Crippen LogP contribution >= 0.6 is 0 Å². The highest BCUT2D eigenvalue weighted by molar-refractivity contribution is 5.99. The second-order valence-electron chi connectivity index (χ2n) is 8.92. The van der Waals surface area contributed by atoms with Crippen molar-refractivity contribution in [3.63, 3.8) is 0 Å². The molecule has 0 spiro atoms. The second-order valence-corrected chi connectivity index (χ2v) is 8.92. The molecule has 1 fully saturated rings. The summed E-state index contributed by atoms with van der Waals surface area (Å²) >= 11 is 0. The van der Waals surface area contributed by atoms with Crippen LogP contribution in [0.25, 0.3) is 10.8 Å². The molecular weight excluding hydrogens is 508 g/mol. The zero-order valence-corrected chi connectivity index (χ0v) is 22.9. The van der Waals surface area contributed by atoms with E-state index in [1.54, 1.807) is 6.92 Å². The van der Waals surface area contributed by atoms with Crippen LogP contribution in [-0.2, 0) is 9.53 Å². The predicted molar refractivity (Wildman–Crippen MR) is 159 cm³/mol. The number of ether oxygens (including phenoxy) is 1. The highest BCUT2D eigenvalue weighted by atomic mass is 16.5. The number of hydrogen-bond acceptors (Lipinski definition) is 10. The van der Waals surface area contributed by atoms with Gasteiger partial charge in [-0.05, 0) is 43.0 Å². The fourth-order valence-corrected chi connectivity index (χ4v) is 4.03. The van der Waals surface area contributed by atoms with Crippen molar-refractivity contribution in [2.24, 2.45) is 5.10 Å². The zero-order valence-electron chi connectivity index (χ0n) is 22.9. The Morgan fingerprint density at radius 3 is 2.35 bits per heavy atom. The summed E-state index contributed by atoms with van der Waals surface area (Å²) in [4.78, 5) is 27.2. The molecule has 3 aromatic carbocycles. The van der Waals surface area contributed by atoms with Crippen LogP contribution < -0.4 is 21.0 Å². The van der Waals surface area contributed by atoms with Gasteiger partial charge >= 0.3 is 0 Å². The average Bonchev–Trinajstić information content (AvgIpc) is 2.97. The van der Waals surface area contributed by atoms with E-state index in [-0.39, 0.29) is 12.5 Å². The number of fused-ring (bicyclic) bond motifs is 1. The highest BCUT2D eigenvalue weighted by Crippen LogP contribution is 2.26. The molecule has 5 rings (SSSR count). The summed E-state index contributed by atoms with van der Waals surface area (Å²) in [7, 11) is 0. The molecule has 4 aromatic rings. The Morgan fingerprint density at radius 2 is 1.62 bits per heavy atom. The Kier molecular flexibility index (Phi) is 9.92. The number of rotatable bonds is 7. The summed E-state index contributed by atoms with van der Waals surface area (Å²) in [6.45, 7) is 7.92. The molecule has 40 heavy (non-hydrogen) atoms. The molecule has 208 valence electrons. The quantitative estimate of drug-likeness (QED) is 0.198. The number of nitrogens with one attached hydrogen (secondary N) is 3.